The van der Waals surface area contributed by atoms with Crippen molar-refractivity contribution in [3.05, 3.63) is 84.4 Å². The van der Waals surface area contributed by atoms with Crippen molar-refractivity contribution >= 4 is 17.6 Å². The number of ether oxygens (including phenoxy) is 4. The third kappa shape index (κ3) is 5.54. The van der Waals surface area contributed by atoms with Crippen LogP contribution in [-0.2, 0) is 20.9 Å². The van der Waals surface area contributed by atoms with Crippen LogP contribution in [0.1, 0.15) is 5.56 Å². The Morgan fingerprint density at radius 2 is 1.61 bits per heavy atom. The molecule has 1 atom stereocenters. The van der Waals surface area contributed by atoms with Crippen molar-refractivity contribution in [3.63, 3.8) is 0 Å². The summed E-state index contributed by atoms with van der Waals surface area (Å²) in [7, 11) is 0. The average Bonchev–Trinajstić information content (AvgIpc) is 2.82. The van der Waals surface area contributed by atoms with E-state index in [4.69, 9.17) is 18.9 Å². The number of hydrogen-bond acceptors (Lipinski definition) is 6. The molecule has 7 heteroatoms. The second-order valence-electron chi connectivity index (χ2n) is 6.82. The summed E-state index contributed by atoms with van der Waals surface area (Å²) in [6, 6.07) is 23.8. The molecule has 0 saturated heterocycles. The van der Waals surface area contributed by atoms with Crippen molar-refractivity contribution in [3.8, 4) is 17.2 Å². The SMILES string of the molecule is O=C(COC(=O)[C@@H]1COc2ccccc2O1)Nc1ccc(OCc2ccccc2)cc1. The van der Waals surface area contributed by atoms with E-state index in [1.54, 1.807) is 42.5 Å². The predicted octanol–water partition coefficient (Wildman–Crippen LogP) is 3.59. The van der Waals surface area contributed by atoms with E-state index < -0.39 is 24.6 Å². The summed E-state index contributed by atoms with van der Waals surface area (Å²) in [6.07, 6.45) is -0.913. The van der Waals surface area contributed by atoms with E-state index in [1.165, 1.54) is 0 Å². The number of carbonyl (C=O) groups excluding carboxylic acids is 2. The fourth-order valence-corrected chi connectivity index (χ4v) is 2.94. The van der Waals surface area contributed by atoms with Gasteiger partial charge < -0.3 is 24.3 Å². The molecule has 0 aromatic heterocycles. The van der Waals surface area contributed by atoms with E-state index in [1.807, 2.05) is 36.4 Å². The van der Waals surface area contributed by atoms with E-state index in [2.05, 4.69) is 5.32 Å². The highest BCUT2D eigenvalue weighted by Crippen LogP contribution is 2.31. The molecule has 1 amide bonds. The highest BCUT2D eigenvalue weighted by Gasteiger charge is 2.29. The van der Waals surface area contributed by atoms with Crippen LogP contribution < -0.4 is 19.5 Å². The summed E-state index contributed by atoms with van der Waals surface area (Å²) >= 11 is 0. The van der Waals surface area contributed by atoms with Crippen LogP contribution in [0.3, 0.4) is 0 Å². The zero-order chi connectivity index (χ0) is 21.5. The third-order valence-corrected chi connectivity index (χ3v) is 4.50. The van der Waals surface area contributed by atoms with Crippen LogP contribution in [-0.4, -0.2) is 31.2 Å². The van der Waals surface area contributed by atoms with Gasteiger partial charge in [-0.1, -0.05) is 42.5 Å². The molecule has 3 aromatic carbocycles. The van der Waals surface area contributed by atoms with Crippen molar-refractivity contribution in [2.75, 3.05) is 18.5 Å². The van der Waals surface area contributed by atoms with Crippen molar-refractivity contribution in [1.82, 2.24) is 0 Å². The zero-order valence-corrected chi connectivity index (χ0v) is 16.7. The van der Waals surface area contributed by atoms with Gasteiger partial charge in [0.15, 0.2) is 18.1 Å². The predicted molar refractivity (Wildman–Crippen MR) is 113 cm³/mol. The maximum Gasteiger partial charge on any atom is 0.351 e. The first-order valence-corrected chi connectivity index (χ1v) is 9.79. The molecule has 0 unspecified atom stereocenters. The number of rotatable bonds is 7. The maximum absolute atomic E-state index is 12.2. The molecule has 0 spiro atoms. The van der Waals surface area contributed by atoms with Gasteiger partial charge in [0, 0.05) is 5.69 Å². The summed E-state index contributed by atoms with van der Waals surface area (Å²) in [4.78, 5) is 24.3. The Bertz CT molecular complexity index is 1040. The lowest BCUT2D eigenvalue weighted by Crippen LogP contribution is -2.39. The van der Waals surface area contributed by atoms with Gasteiger partial charge in [-0.25, -0.2) is 4.79 Å². The fourth-order valence-electron chi connectivity index (χ4n) is 2.94. The largest absolute Gasteiger partial charge is 0.489 e. The van der Waals surface area contributed by atoms with Gasteiger partial charge in [-0.15, -0.1) is 0 Å². The van der Waals surface area contributed by atoms with Gasteiger partial charge in [-0.2, -0.15) is 0 Å². The smallest absolute Gasteiger partial charge is 0.351 e. The molecule has 7 nitrogen and oxygen atoms in total. The lowest BCUT2D eigenvalue weighted by molar-refractivity contribution is -0.156. The monoisotopic (exact) mass is 419 g/mol. The number of nitrogens with one attached hydrogen (secondary N) is 1. The van der Waals surface area contributed by atoms with E-state index in [0.717, 1.165) is 5.56 Å². The molecule has 158 valence electrons. The quantitative estimate of drug-likeness (QED) is 0.590. The van der Waals surface area contributed by atoms with Crippen LogP contribution in [0.2, 0.25) is 0 Å². The normalized spacial score (nSPS) is 14.4. The van der Waals surface area contributed by atoms with Gasteiger partial charge in [0.2, 0.25) is 6.10 Å². The summed E-state index contributed by atoms with van der Waals surface area (Å²) in [5.41, 5.74) is 1.64. The molecule has 1 aliphatic rings. The molecule has 1 N–H and O–H groups in total. The molecule has 1 aliphatic heterocycles. The van der Waals surface area contributed by atoms with Gasteiger partial charge in [-0.3, -0.25) is 4.79 Å². The van der Waals surface area contributed by atoms with Gasteiger partial charge >= 0.3 is 5.97 Å². The Morgan fingerprint density at radius 3 is 2.39 bits per heavy atom. The molecular formula is C24H21NO6. The maximum atomic E-state index is 12.2. The summed E-state index contributed by atoms with van der Waals surface area (Å²) < 4.78 is 21.8. The number of anilines is 1. The van der Waals surface area contributed by atoms with Crippen LogP contribution in [0.5, 0.6) is 17.2 Å². The van der Waals surface area contributed by atoms with Gasteiger partial charge in [0.05, 0.1) is 0 Å². The molecule has 0 radical (unpaired) electrons. The van der Waals surface area contributed by atoms with Gasteiger partial charge in [0.25, 0.3) is 5.91 Å². The summed E-state index contributed by atoms with van der Waals surface area (Å²) in [5.74, 6) is 0.607. The van der Waals surface area contributed by atoms with Crippen molar-refractivity contribution in [1.29, 1.82) is 0 Å². The number of amides is 1. The molecule has 31 heavy (non-hydrogen) atoms. The van der Waals surface area contributed by atoms with Crippen LogP contribution in [0.4, 0.5) is 5.69 Å². The van der Waals surface area contributed by atoms with Crippen molar-refractivity contribution in [2.45, 2.75) is 12.7 Å². The number of para-hydroxylation sites is 2. The Balaban J connectivity index is 1.21. The Morgan fingerprint density at radius 1 is 0.903 bits per heavy atom. The molecular weight excluding hydrogens is 398 g/mol. The molecule has 1 heterocycles. The van der Waals surface area contributed by atoms with Gasteiger partial charge in [-0.05, 0) is 42.0 Å². The second kappa shape index (κ2) is 9.67. The van der Waals surface area contributed by atoms with Crippen LogP contribution in [0.25, 0.3) is 0 Å². The third-order valence-electron chi connectivity index (χ3n) is 4.50. The molecule has 3 aromatic rings. The number of hydrogen-bond donors (Lipinski definition) is 1. The first-order valence-electron chi connectivity index (χ1n) is 9.79. The highest BCUT2D eigenvalue weighted by molar-refractivity contribution is 5.93. The molecule has 0 saturated carbocycles. The summed E-state index contributed by atoms with van der Waals surface area (Å²) in [5, 5.41) is 2.67. The van der Waals surface area contributed by atoms with E-state index in [-0.39, 0.29) is 6.61 Å². The lowest BCUT2D eigenvalue weighted by Gasteiger charge is -2.24. The first-order chi connectivity index (χ1) is 15.2. The first kappa shape index (κ1) is 20.3. The molecule has 0 fully saturated rings. The number of benzene rings is 3. The molecule has 4 rings (SSSR count). The minimum absolute atomic E-state index is 0.0297. The standard InChI is InChI=1S/C24H21NO6/c26-23(16-30-24(27)22-15-29-20-8-4-5-9-21(20)31-22)25-18-10-12-19(13-11-18)28-14-17-6-2-1-3-7-17/h1-13,22H,14-16H2,(H,25,26)/t22-/m0/s1. The number of carbonyl (C=O) groups is 2. The van der Waals surface area contributed by atoms with Crippen LogP contribution in [0, 0.1) is 0 Å². The van der Waals surface area contributed by atoms with Gasteiger partial charge in [0.1, 0.15) is 19.0 Å². The lowest BCUT2D eigenvalue weighted by atomic mass is 10.2. The number of fused-ring (bicyclic) bond motifs is 1. The number of esters is 1. The molecule has 0 aliphatic carbocycles. The van der Waals surface area contributed by atoms with E-state index >= 15 is 0 Å². The Labute approximate surface area is 179 Å². The average molecular weight is 419 g/mol. The van der Waals surface area contributed by atoms with Crippen LogP contribution >= 0.6 is 0 Å². The zero-order valence-electron chi connectivity index (χ0n) is 16.7. The Kier molecular flexibility index (Phi) is 6.32. The van der Waals surface area contributed by atoms with Crippen molar-refractivity contribution < 1.29 is 28.5 Å². The van der Waals surface area contributed by atoms with E-state index in [9.17, 15) is 9.59 Å². The Hall–Kier alpha value is -4.00. The van der Waals surface area contributed by atoms with Crippen molar-refractivity contribution in [2.24, 2.45) is 0 Å². The minimum Gasteiger partial charge on any atom is -0.489 e. The van der Waals surface area contributed by atoms with E-state index in [0.29, 0.717) is 29.5 Å². The highest BCUT2D eigenvalue weighted by atomic mass is 16.6. The molecule has 0 bridgehead atoms. The summed E-state index contributed by atoms with van der Waals surface area (Å²) in [6.45, 7) is 0.0639. The fraction of sp³-hybridized carbons (Fsp3) is 0.167. The topological polar surface area (TPSA) is 83.1 Å². The minimum atomic E-state index is -0.913. The second-order valence-corrected chi connectivity index (χ2v) is 6.82. The van der Waals surface area contributed by atoms with Crippen LogP contribution in [0.15, 0.2) is 78.9 Å².